The first-order valence-corrected chi connectivity index (χ1v) is 12.9. The molecule has 0 aliphatic heterocycles. The van der Waals surface area contributed by atoms with Crippen molar-refractivity contribution in [3.8, 4) is 5.69 Å². The van der Waals surface area contributed by atoms with Crippen molar-refractivity contribution in [1.82, 2.24) is 14.8 Å². The van der Waals surface area contributed by atoms with E-state index in [9.17, 15) is 9.59 Å². The highest BCUT2D eigenvalue weighted by molar-refractivity contribution is 7.17. The quantitative estimate of drug-likeness (QED) is 0.372. The Bertz CT molecular complexity index is 1470. The number of ether oxygens (including phenoxy) is 1. The lowest BCUT2D eigenvalue weighted by molar-refractivity contribution is 0.0601. The fourth-order valence-electron chi connectivity index (χ4n) is 4.97. The molecule has 0 spiro atoms. The molecule has 8 heteroatoms. The summed E-state index contributed by atoms with van der Waals surface area (Å²) in [5.74, 6) is -0.282. The smallest absolute Gasteiger partial charge is 0.341 e. The average Bonchev–Trinajstić information content (AvgIpc) is 3.60. The van der Waals surface area contributed by atoms with E-state index in [1.54, 1.807) is 0 Å². The Morgan fingerprint density at radius 2 is 1.91 bits per heavy atom. The third-order valence-electron chi connectivity index (χ3n) is 6.86. The third kappa shape index (κ3) is 3.82. The van der Waals surface area contributed by atoms with Crippen molar-refractivity contribution >= 4 is 39.2 Å². The highest BCUT2D eigenvalue weighted by atomic mass is 32.1. The van der Waals surface area contributed by atoms with Gasteiger partial charge in [0.25, 0.3) is 5.91 Å². The molecule has 178 valence electrons. The van der Waals surface area contributed by atoms with Gasteiger partial charge in [-0.05, 0) is 69.2 Å². The number of rotatable bonds is 5. The molecule has 1 N–H and O–H groups in total. The Labute approximate surface area is 207 Å². The van der Waals surface area contributed by atoms with Crippen molar-refractivity contribution in [2.24, 2.45) is 0 Å². The number of methoxy groups -OCH3 is 1. The number of aryl methyl sites for hydroxylation is 2. The van der Waals surface area contributed by atoms with Crippen molar-refractivity contribution in [2.45, 2.75) is 51.4 Å². The maximum Gasteiger partial charge on any atom is 0.341 e. The van der Waals surface area contributed by atoms with E-state index < -0.39 is 5.97 Å². The van der Waals surface area contributed by atoms with E-state index in [-0.39, 0.29) is 5.91 Å². The van der Waals surface area contributed by atoms with Crippen molar-refractivity contribution in [1.29, 1.82) is 0 Å². The zero-order valence-electron chi connectivity index (χ0n) is 19.8. The molecule has 3 heterocycles. The number of carbonyl (C=O) groups is 2. The molecule has 35 heavy (non-hydrogen) atoms. The molecule has 3 aromatic heterocycles. The second-order valence-corrected chi connectivity index (χ2v) is 10.4. The molecule has 2 aliphatic carbocycles. The lowest BCUT2D eigenvalue weighted by atomic mass is 9.95. The molecule has 1 aromatic carbocycles. The molecule has 0 bridgehead atoms. The van der Waals surface area contributed by atoms with Gasteiger partial charge in [-0.15, -0.1) is 11.3 Å². The van der Waals surface area contributed by atoms with Crippen LogP contribution < -0.4 is 5.32 Å². The summed E-state index contributed by atoms with van der Waals surface area (Å²) in [6.07, 6.45) is 6.03. The number of benzene rings is 1. The highest BCUT2D eigenvalue weighted by Crippen LogP contribution is 2.42. The molecule has 0 unspecified atom stereocenters. The van der Waals surface area contributed by atoms with Gasteiger partial charge in [-0.3, -0.25) is 4.79 Å². The minimum atomic E-state index is -0.397. The zero-order chi connectivity index (χ0) is 24.1. The number of hydrogen-bond acceptors (Lipinski definition) is 6. The van der Waals surface area contributed by atoms with Gasteiger partial charge in [0.15, 0.2) is 5.65 Å². The molecule has 1 amide bonds. The molecule has 0 atom stereocenters. The monoisotopic (exact) mass is 486 g/mol. The molecule has 1 saturated carbocycles. The molecule has 7 nitrogen and oxygen atoms in total. The predicted molar refractivity (Wildman–Crippen MR) is 136 cm³/mol. The Hall–Kier alpha value is -3.52. The van der Waals surface area contributed by atoms with Crippen molar-refractivity contribution in [3.05, 3.63) is 69.4 Å². The van der Waals surface area contributed by atoms with Crippen LogP contribution in [0.25, 0.3) is 16.7 Å². The average molecular weight is 487 g/mol. The van der Waals surface area contributed by atoms with Gasteiger partial charge in [0.05, 0.1) is 35.0 Å². The van der Waals surface area contributed by atoms with E-state index >= 15 is 0 Å². The Morgan fingerprint density at radius 1 is 1.14 bits per heavy atom. The standard InChI is InChI=1S/C27H26N4O3S/c1-15-22-19(25(32)29-26-23(27(33)34-2)18-10-6-7-11-21(18)35-26)14-20(16-12-13-16)28-24(22)31(30-15)17-8-4-3-5-9-17/h3-5,8-9,14,16H,6-7,10-13H2,1-2H3,(H,29,32). The number of aromatic nitrogens is 3. The first kappa shape index (κ1) is 22.0. The summed E-state index contributed by atoms with van der Waals surface area (Å²) >= 11 is 1.49. The Morgan fingerprint density at radius 3 is 2.66 bits per heavy atom. The van der Waals surface area contributed by atoms with Gasteiger partial charge in [0.2, 0.25) is 0 Å². The van der Waals surface area contributed by atoms with Crippen LogP contribution in [0.15, 0.2) is 36.4 Å². The number of nitrogens with zero attached hydrogens (tertiary/aromatic N) is 3. The summed E-state index contributed by atoms with van der Waals surface area (Å²) in [6, 6.07) is 11.8. The number of pyridine rings is 1. The molecule has 0 radical (unpaired) electrons. The Kier molecular flexibility index (Phi) is 5.40. The fourth-order valence-corrected chi connectivity index (χ4v) is 6.24. The topological polar surface area (TPSA) is 86.1 Å². The van der Waals surface area contributed by atoms with E-state index in [1.165, 1.54) is 23.3 Å². The van der Waals surface area contributed by atoms with E-state index in [0.29, 0.717) is 27.7 Å². The summed E-state index contributed by atoms with van der Waals surface area (Å²) in [7, 11) is 1.39. The maximum atomic E-state index is 13.8. The number of esters is 1. The van der Waals surface area contributed by atoms with E-state index in [2.05, 4.69) is 5.32 Å². The van der Waals surface area contributed by atoms with Crippen LogP contribution in [0.5, 0.6) is 0 Å². The lowest BCUT2D eigenvalue weighted by Crippen LogP contribution is -2.16. The van der Waals surface area contributed by atoms with Gasteiger partial charge in [-0.25, -0.2) is 14.5 Å². The number of hydrogen-bond donors (Lipinski definition) is 1. The number of para-hydroxylation sites is 1. The van der Waals surface area contributed by atoms with Gasteiger partial charge in [-0.1, -0.05) is 18.2 Å². The van der Waals surface area contributed by atoms with Crippen molar-refractivity contribution < 1.29 is 14.3 Å². The molecule has 4 aromatic rings. The van der Waals surface area contributed by atoms with Crippen LogP contribution in [0, 0.1) is 6.92 Å². The summed E-state index contributed by atoms with van der Waals surface area (Å²) in [5, 5.41) is 9.12. The second-order valence-electron chi connectivity index (χ2n) is 9.26. The predicted octanol–water partition coefficient (Wildman–Crippen LogP) is 5.59. The summed E-state index contributed by atoms with van der Waals surface area (Å²) in [5.41, 5.74) is 5.30. The minimum Gasteiger partial charge on any atom is -0.465 e. The van der Waals surface area contributed by atoms with Crippen LogP contribution >= 0.6 is 11.3 Å². The number of nitrogens with one attached hydrogen (secondary N) is 1. The number of anilines is 1. The van der Waals surface area contributed by atoms with Crippen molar-refractivity contribution in [3.63, 3.8) is 0 Å². The third-order valence-corrected chi connectivity index (χ3v) is 8.07. The van der Waals surface area contributed by atoms with Crippen molar-refractivity contribution in [2.75, 3.05) is 12.4 Å². The van der Waals surface area contributed by atoms with Crippen LogP contribution in [-0.2, 0) is 17.6 Å². The largest absolute Gasteiger partial charge is 0.465 e. The number of fused-ring (bicyclic) bond motifs is 2. The van der Waals surface area contributed by atoms with E-state index in [1.807, 2.05) is 48.0 Å². The van der Waals surface area contributed by atoms with Gasteiger partial charge in [0, 0.05) is 16.5 Å². The van der Waals surface area contributed by atoms with E-state index in [0.717, 1.165) is 66.5 Å². The lowest BCUT2D eigenvalue weighted by Gasteiger charge is -2.12. The van der Waals surface area contributed by atoms with Gasteiger partial charge in [-0.2, -0.15) is 5.10 Å². The molecule has 1 fully saturated rings. The van der Waals surface area contributed by atoms with Crippen LogP contribution in [0.3, 0.4) is 0 Å². The van der Waals surface area contributed by atoms with Crippen LogP contribution in [0.4, 0.5) is 5.00 Å². The van der Waals surface area contributed by atoms with Crippen LogP contribution in [0.1, 0.15) is 74.1 Å². The van der Waals surface area contributed by atoms with Crippen LogP contribution in [0.2, 0.25) is 0 Å². The zero-order valence-corrected chi connectivity index (χ0v) is 20.6. The molecular weight excluding hydrogens is 460 g/mol. The summed E-state index contributed by atoms with van der Waals surface area (Å²) in [4.78, 5) is 32.6. The molecule has 0 saturated heterocycles. The molecule has 6 rings (SSSR count). The normalized spacial score (nSPS) is 15.1. The molecule has 2 aliphatic rings. The van der Waals surface area contributed by atoms with Gasteiger partial charge >= 0.3 is 5.97 Å². The maximum absolute atomic E-state index is 13.8. The highest BCUT2D eigenvalue weighted by Gasteiger charge is 2.31. The first-order chi connectivity index (χ1) is 17.0. The second kappa shape index (κ2) is 8.61. The number of thiophene rings is 1. The SMILES string of the molecule is COC(=O)c1c(NC(=O)c2cc(C3CC3)nc3c2c(C)nn3-c2ccccc2)sc2c1CCCC2. The van der Waals surface area contributed by atoms with Gasteiger partial charge in [0.1, 0.15) is 5.00 Å². The fraction of sp³-hybridized carbons (Fsp3) is 0.333. The number of carbonyl (C=O) groups excluding carboxylic acids is 2. The summed E-state index contributed by atoms with van der Waals surface area (Å²) < 4.78 is 6.90. The van der Waals surface area contributed by atoms with Gasteiger partial charge < -0.3 is 10.1 Å². The Balaban J connectivity index is 1.47. The first-order valence-electron chi connectivity index (χ1n) is 12.0. The minimum absolute atomic E-state index is 0.251. The number of amides is 1. The summed E-state index contributed by atoms with van der Waals surface area (Å²) in [6.45, 7) is 1.90. The molecular formula is C27H26N4O3S. The van der Waals surface area contributed by atoms with E-state index in [4.69, 9.17) is 14.8 Å². The van der Waals surface area contributed by atoms with Crippen LogP contribution in [-0.4, -0.2) is 33.8 Å².